The van der Waals surface area contributed by atoms with Gasteiger partial charge in [-0.15, -0.1) is 0 Å². The van der Waals surface area contributed by atoms with Gasteiger partial charge in [-0.25, -0.2) is 4.79 Å². The lowest BCUT2D eigenvalue weighted by Gasteiger charge is -2.36. The molecule has 2 unspecified atom stereocenters. The number of hydrogen-bond donors (Lipinski definition) is 3. The summed E-state index contributed by atoms with van der Waals surface area (Å²) >= 11 is 0. The summed E-state index contributed by atoms with van der Waals surface area (Å²) in [5.41, 5.74) is -0.0134. The molecular weight excluding hydrogens is 372 g/mol. The lowest BCUT2D eigenvalue weighted by Crippen LogP contribution is -2.54. The highest BCUT2D eigenvalue weighted by atomic mass is 16.2. The van der Waals surface area contributed by atoms with Crippen LogP contribution in [0.25, 0.3) is 0 Å². The van der Waals surface area contributed by atoms with Crippen LogP contribution in [0.1, 0.15) is 56.3 Å². The summed E-state index contributed by atoms with van der Waals surface area (Å²) in [7, 11) is 0. The molecule has 1 saturated heterocycles. The lowest BCUT2D eigenvalue weighted by atomic mass is 9.73. The van der Waals surface area contributed by atoms with Gasteiger partial charge in [0.2, 0.25) is 5.91 Å². The van der Waals surface area contributed by atoms with E-state index >= 15 is 0 Å². The molecule has 29 heavy (non-hydrogen) atoms. The van der Waals surface area contributed by atoms with E-state index in [0.29, 0.717) is 24.2 Å². The molecule has 8 nitrogen and oxygen atoms in total. The van der Waals surface area contributed by atoms with Gasteiger partial charge in [0.15, 0.2) is 0 Å². The molecule has 3 N–H and O–H groups in total. The maximum absolute atomic E-state index is 12.9. The van der Waals surface area contributed by atoms with Crippen molar-refractivity contribution in [3.8, 4) is 0 Å². The smallest absolute Gasteiger partial charge is 0.325 e. The van der Waals surface area contributed by atoms with Crippen molar-refractivity contribution >= 4 is 29.4 Å². The van der Waals surface area contributed by atoms with E-state index in [2.05, 4.69) is 16.0 Å². The zero-order valence-electron chi connectivity index (χ0n) is 16.9. The van der Waals surface area contributed by atoms with Gasteiger partial charge in [-0.05, 0) is 43.4 Å². The molecule has 1 aliphatic carbocycles. The number of urea groups is 1. The highest BCUT2D eigenvalue weighted by Crippen LogP contribution is 2.38. The molecular formula is C21H28N4O4. The van der Waals surface area contributed by atoms with Crippen LogP contribution in [0.4, 0.5) is 10.5 Å². The number of amides is 5. The van der Waals surface area contributed by atoms with Crippen LogP contribution < -0.4 is 16.0 Å². The van der Waals surface area contributed by atoms with Gasteiger partial charge < -0.3 is 16.0 Å². The average molecular weight is 400 g/mol. The maximum Gasteiger partial charge on any atom is 0.325 e. The first-order chi connectivity index (χ1) is 13.9. The van der Waals surface area contributed by atoms with Crippen LogP contribution in [0.15, 0.2) is 24.3 Å². The fraction of sp³-hybridized carbons (Fsp3) is 0.524. The Morgan fingerprint density at radius 1 is 1.28 bits per heavy atom. The van der Waals surface area contributed by atoms with Crippen molar-refractivity contribution in [1.29, 1.82) is 0 Å². The number of benzene rings is 1. The number of nitrogens with one attached hydrogen (secondary N) is 3. The second-order valence-electron chi connectivity index (χ2n) is 7.82. The Labute approximate surface area is 170 Å². The molecule has 1 aromatic rings. The summed E-state index contributed by atoms with van der Waals surface area (Å²) in [6.07, 6.45) is 4.22. The molecule has 8 heteroatoms. The summed E-state index contributed by atoms with van der Waals surface area (Å²) in [6, 6.07) is 6.03. The second kappa shape index (κ2) is 8.63. The highest BCUT2D eigenvalue weighted by Gasteiger charge is 2.55. The van der Waals surface area contributed by atoms with Gasteiger partial charge in [0.25, 0.3) is 11.8 Å². The fourth-order valence-corrected chi connectivity index (χ4v) is 4.06. The van der Waals surface area contributed by atoms with Crippen LogP contribution in [0.3, 0.4) is 0 Å². The average Bonchev–Trinajstić information content (AvgIpc) is 2.93. The molecule has 2 fully saturated rings. The van der Waals surface area contributed by atoms with Gasteiger partial charge in [0.05, 0.1) is 0 Å². The van der Waals surface area contributed by atoms with Gasteiger partial charge in [0.1, 0.15) is 12.1 Å². The Hall–Kier alpha value is -2.90. The molecule has 3 rings (SSSR count). The normalized spacial score (nSPS) is 23.8. The van der Waals surface area contributed by atoms with E-state index in [0.717, 1.165) is 30.6 Å². The van der Waals surface area contributed by atoms with Gasteiger partial charge >= 0.3 is 6.03 Å². The zero-order chi connectivity index (χ0) is 21.0. The maximum atomic E-state index is 12.9. The van der Waals surface area contributed by atoms with Crippen molar-refractivity contribution in [1.82, 2.24) is 15.5 Å². The first-order valence-electron chi connectivity index (χ1n) is 10.2. The summed E-state index contributed by atoms with van der Waals surface area (Å²) in [5, 5.41) is 8.29. The summed E-state index contributed by atoms with van der Waals surface area (Å²) in [5.74, 6) is -0.984. The van der Waals surface area contributed by atoms with Crippen LogP contribution >= 0.6 is 0 Å². The quantitative estimate of drug-likeness (QED) is 0.637. The molecule has 0 bridgehead atoms. The molecule has 0 radical (unpaired) electrons. The van der Waals surface area contributed by atoms with Crippen molar-refractivity contribution in [3.05, 3.63) is 29.8 Å². The second-order valence-corrected chi connectivity index (χ2v) is 7.82. The van der Waals surface area contributed by atoms with Gasteiger partial charge in [-0.1, -0.05) is 32.8 Å². The highest BCUT2D eigenvalue weighted by molar-refractivity contribution is 6.10. The largest absolute Gasteiger partial charge is 0.352 e. The molecule has 5 amide bonds. The SMILES string of the molecule is CCCNC(=O)c1cccc(NC(=O)CN2C(=O)NC3(CCCCC3C)C2=O)c1. The van der Waals surface area contributed by atoms with Gasteiger partial charge in [0, 0.05) is 17.8 Å². The summed E-state index contributed by atoms with van der Waals surface area (Å²) in [6.45, 7) is 4.15. The van der Waals surface area contributed by atoms with Gasteiger partial charge in [-0.3, -0.25) is 19.3 Å². The molecule has 1 aromatic carbocycles. The Bertz CT molecular complexity index is 825. The minimum absolute atomic E-state index is 0.0408. The van der Waals surface area contributed by atoms with E-state index in [1.807, 2.05) is 13.8 Å². The molecule has 1 spiro atoms. The molecule has 1 heterocycles. The Morgan fingerprint density at radius 3 is 2.79 bits per heavy atom. The van der Waals surface area contributed by atoms with Crippen LogP contribution in [0.5, 0.6) is 0 Å². The van der Waals surface area contributed by atoms with Crippen molar-refractivity contribution in [3.63, 3.8) is 0 Å². The van der Waals surface area contributed by atoms with Crippen LogP contribution in [0.2, 0.25) is 0 Å². The molecule has 1 aliphatic heterocycles. The van der Waals surface area contributed by atoms with Crippen molar-refractivity contribution in [2.24, 2.45) is 5.92 Å². The Morgan fingerprint density at radius 2 is 2.07 bits per heavy atom. The van der Waals surface area contributed by atoms with E-state index in [4.69, 9.17) is 0 Å². The van der Waals surface area contributed by atoms with Crippen LogP contribution in [0, 0.1) is 5.92 Å². The number of anilines is 1. The zero-order valence-corrected chi connectivity index (χ0v) is 16.9. The van der Waals surface area contributed by atoms with E-state index < -0.39 is 17.5 Å². The standard InChI is InChI=1S/C21H28N4O4/c1-3-11-22-18(27)15-8-6-9-16(12-15)23-17(26)13-25-19(28)21(24-20(25)29)10-5-4-7-14(21)2/h6,8-9,12,14H,3-5,7,10-11,13H2,1-2H3,(H,22,27)(H,23,26)(H,24,29). The molecule has 156 valence electrons. The first kappa shape index (κ1) is 20.8. The van der Waals surface area contributed by atoms with Crippen molar-refractivity contribution < 1.29 is 19.2 Å². The van der Waals surface area contributed by atoms with E-state index in [9.17, 15) is 19.2 Å². The van der Waals surface area contributed by atoms with E-state index in [-0.39, 0.29) is 24.3 Å². The third-order valence-electron chi connectivity index (χ3n) is 5.75. The number of carbonyl (C=O) groups excluding carboxylic acids is 4. The molecule has 2 aliphatic rings. The molecule has 1 saturated carbocycles. The third-order valence-corrected chi connectivity index (χ3v) is 5.75. The Kier molecular flexibility index (Phi) is 6.20. The third kappa shape index (κ3) is 4.26. The van der Waals surface area contributed by atoms with E-state index in [1.165, 1.54) is 0 Å². The monoisotopic (exact) mass is 400 g/mol. The topological polar surface area (TPSA) is 108 Å². The minimum Gasteiger partial charge on any atom is -0.352 e. The predicted octanol–water partition coefficient (Wildman–Crippen LogP) is 2.27. The number of carbonyl (C=O) groups is 4. The number of nitrogens with zero attached hydrogens (tertiary/aromatic N) is 1. The van der Waals surface area contributed by atoms with Crippen molar-refractivity contribution in [2.75, 3.05) is 18.4 Å². The van der Waals surface area contributed by atoms with E-state index in [1.54, 1.807) is 24.3 Å². The minimum atomic E-state index is -0.882. The van der Waals surface area contributed by atoms with Crippen LogP contribution in [-0.2, 0) is 9.59 Å². The lowest BCUT2D eigenvalue weighted by molar-refractivity contribution is -0.136. The molecule has 0 aromatic heterocycles. The van der Waals surface area contributed by atoms with Crippen molar-refractivity contribution in [2.45, 2.75) is 51.5 Å². The molecule has 2 atom stereocenters. The fourth-order valence-electron chi connectivity index (χ4n) is 4.06. The predicted molar refractivity (Wildman–Crippen MR) is 108 cm³/mol. The van der Waals surface area contributed by atoms with Crippen LogP contribution in [-0.4, -0.2) is 47.3 Å². The Balaban J connectivity index is 1.64. The summed E-state index contributed by atoms with van der Waals surface area (Å²) in [4.78, 5) is 50.9. The number of hydrogen-bond acceptors (Lipinski definition) is 4. The number of imide groups is 1. The number of rotatable bonds is 6. The van der Waals surface area contributed by atoms with Gasteiger partial charge in [-0.2, -0.15) is 0 Å². The first-order valence-corrected chi connectivity index (χ1v) is 10.2. The summed E-state index contributed by atoms with van der Waals surface area (Å²) < 4.78 is 0.